The van der Waals surface area contributed by atoms with Crippen molar-refractivity contribution < 1.29 is 9.00 Å². The van der Waals surface area contributed by atoms with Gasteiger partial charge in [-0.05, 0) is 38.0 Å². The van der Waals surface area contributed by atoms with Crippen LogP contribution in [0.15, 0.2) is 27.6 Å². The van der Waals surface area contributed by atoms with Gasteiger partial charge in [0.2, 0.25) is 5.91 Å². The van der Waals surface area contributed by atoms with Gasteiger partial charge in [0, 0.05) is 16.2 Å². The minimum Gasteiger partial charge on any atom is -0.398 e. The molecule has 1 aromatic rings. The van der Waals surface area contributed by atoms with E-state index in [1.165, 1.54) is 0 Å². The van der Waals surface area contributed by atoms with E-state index in [0.29, 0.717) is 10.6 Å². The second kappa shape index (κ2) is 6.72. The van der Waals surface area contributed by atoms with E-state index in [-0.39, 0.29) is 11.9 Å². The summed E-state index contributed by atoms with van der Waals surface area (Å²) in [5.41, 5.74) is 6.31. The van der Waals surface area contributed by atoms with Crippen LogP contribution in [-0.2, 0) is 15.6 Å². The highest BCUT2D eigenvalue weighted by Gasteiger charge is 2.26. The zero-order chi connectivity index (χ0) is 14.7. The maximum atomic E-state index is 12.4. The average molecular weight is 359 g/mol. The predicted octanol–water partition coefficient (Wildman–Crippen LogP) is 2.59. The minimum absolute atomic E-state index is 0.155. The van der Waals surface area contributed by atoms with Crippen LogP contribution in [0.3, 0.4) is 0 Å². The van der Waals surface area contributed by atoms with E-state index in [4.69, 9.17) is 5.73 Å². The first kappa shape index (κ1) is 15.5. The van der Waals surface area contributed by atoms with Gasteiger partial charge in [0.05, 0.1) is 15.7 Å². The van der Waals surface area contributed by atoms with Crippen molar-refractivity contribution in [2.75, 3.05) is 5.73 Å². The number of halogens is 1. The van der Waals surface area contributed by atoms with E-state index in [2.05, 4.69) is 21.2 Å². The van der Waals surface area contributed by atoms with Crippen molar-refractivity contribution in [1.29, 1.82) is 0 Å². The van der Waals surface area contributed by atoms with Crippen LogP contribution in [0.2, 0.25) is 0 Å². The number of hydrogen-bond donors (Lipinski definition) is 2. The Hall–Kier alpha value is -0.880. The zero-order valence-corrected chi connectivity index (χ0v) is 13.8. The Morgan fingerprint density at radius 1 is 1.45 bits per heavy atom. The number of hydrogen-bond acceptors (Lipinski definition) is 3. The number of nitrogens with two attached hydrogens (primary N) is 1. The molecule has 4 nitrogen and oxygen atoms in total. The van der Waals surface area contributed by atoms with Crippen molar-refractivity contribution in [2.45, 2.75) is 48.8 Å². The molecule has 0 spiro atoms. The standard InChI is InChI=1S/C14H19BrN2O2S/c1-9(14(18)17-11-4-2-3-5-11)20(19)13-7-6-10(15)8-12(13)16/h6-9,11H,2-5,16H2,1H3,(H,17,18). The van der Waals surface area contributed by atoms with Gasteiger partial charge in [-0.2, -0.15) is 0 Å². The molecule has 0 radical (unpaired) electrons. The molecule has 1 aliphatic carbocycles. The largest absolute Gasteiger partial charge is 0.398 e. The van der Waals surface area contributed by atoms with Crippen LogP contribution < -0.4 is 11.1 Å². The molecule has 1 aliphatic rings. The number of amides is 1. The van der Waals surface area contributed by atoms with Crippen molar-refractivity contribution in [3.8, 4) is 0 Å². The number of carbonyl (C=O) groups excluding carboxylic acids is 1. The molecule has 1 aromatic carbocycles. The van der Waals surface area contributed by atoms with Gasteiger partial charge in [-0.25, -0.2) is 0 Å². The van der Waals surface area contributed by atoms with Crippen molar-refractivity contribution in [1.82, 2.24) is 5.32 Å². The number of nitrogen functional groups attached to an aromatic ring is 1. The molecule has 1 fully saturated rings. The number of carbonyl (C=O) groups is 1. The van der Waals surface area contributed by atoms with Crippen molar-refractivity contribution >= 4 is 38.3 Å². The third kappa shape index (κ3) is 3.61. The number of anilines is 1. The van der Waals surface area contributed by atoms with Crippen LogP contribution in [0.1, 0.15) is 32.6 Å². The fourth-order valence-electron chi connectivity index (χ4n) is 2.38. The lowest BCUT2D eigenvalue weighted by molar-refractivity contribution is -0.121. The van der Waals surface area contributed by atoms with Crippen molar-refractivity contribution in [3.05, 3.63) is 22.7 Å². The molecule has 3 N–H and O–H groups in total. The maximum Gasteiger partial charge on any atom is 0.236 e. The highest BCUT2D eigenvalue weighted by Crippen LogP contribution is 2.24. The Labute approximate surface area is 130 Å². The quantitative estimate of drug-likeness (QED) is 0.812. The van der Waals surface area contributed by atoms with Gasteiger partial charge in [-0.1, -0.05) is 28.8 Å². The first-order chi connectivity index (χ1) is 9.49. The summed E-state index contributed by atoms with van der Waals surface area (Å²) in [6.45, 7) is 1.68. The summed E-state index contributed by atoms with van der Waals surface area (Å²) in [5.74, 6) is -0.155. The van der Waals surface area contributed by atoms with Crippen LogP contribution in [0, 0.1) is 0 Å². The predicted molar refractivity (Wildman–Crippen MR) is 84.8 cm³/mol. The third-order valence-electron chi connectivity index (χ3n) is 3.58. The van der Waals surface area contributed by atoms with Gasteiger partial charge < -0.3 is 11.1 Å². The van der Waals surface area contributed by atoms with Crippen molar-refractivity contribution in [3.63, 3.8) is 0 Å². The minimum atomic E-state index is -1.44. The Morgan fingerprint density at radius 3 is 2.70 bits per heavy atom. The lowest BCUT2D eigenvalue weighted by Gasteiger charge is -2.17. The van der Waals surface area contributed by atoms with Crippen LogP contribution >= 0.6 is 15.9 Å². The molecule has 6 heteroatoms. The average Bonchev–Trinajstić information content (AvgIpc) is 2.90. The molecule has 2 atom stereocenters. The van der Waals surface area contributed by atoms with Crippen LogP contribution in [0.25, 0.3) is 0 Å². The van der Waals surface area contributed by atoms with Gasteiger partial charge in [0.25, 0.3) is 0 Å². The Bertz CT molecular complexity index is 530. The molecular formula is C14H19BrN2O2S. The number of benzene rings is 1. The summed E-state index contributed by atoms with van der Waals surface area (Å²) in [6.07, 6.45) is 4.35. The highest BCUT2D eigenvalue weighted by atomic mass is 79.9. The second-order valence-electron chi connectivity index (χ2n) is 5.11. The third-order valence-corrected chi connectivity index (χ3v) is 5.74. The van der Waals surface area contributed by atoms with E-state index >= 15 is 0 Å². The fraction of sp³-hybridized carbons (Fsp3) is 0.500. The topological polar surface area (TPSA) is 72.2 Å². The smallest absolute Gasteiger partial charge is 0.236 e. The lowest BCUT2D eigenvalue weighted by atomic mass is 10.2. The molecule has 20 heavy (non-hydrogen) atoms. The highest BCUT2D eigenvalue weighted by molar-refractivity contribution is 9.10. The summed E-state index contributed by atoms with van der Waals surface area (Å²) in [6, 6.07) is 5.43. The first-order valence-corrected chi connectivity index (χ1v) is 8.75. The van der Waals surface area contributed by atoms with E-state index in [1.54, 1.807) is 25.1 Å². The summed E-state index contributed by atoms with van der Waals surface area (Å²) in [4.78, 5) is 12.7. The van der Waals surface area contributed by atoms with E-state index in [0.717, 1.165) is 30.2 Å². The molecule has 0 heterocycles. The molecule has 1 saturated carbocycles. The Balaban J connectivity index is 2.05. The van der Waals surface area contributed by atoms with Gasteiger partial charge in [-0.15, -0.1) is 0 Å². The van der Waals surface area contributed by atoms with Gasteiger partial charge in [0.15, 0.2) is 0 Å². The summed E-state index contributed by atoms with van der Waals surface area (Å²) >= 11 is 3.31. The van der Waals surface area contributed by atoms with Crippen molar-refractivity contribution in [2.24, 2.45) is 0 Å². The van der Waals surface area contributed by atoms with E-state index < -0.39 is 16.0 Å². The Kier molecular flexibility index (Phi) is 5.21. The Morgan fingerprint density at radius 2 is 2.10 bits per heavy atom. The maximum absolute atomic E-state index is 12.4. The van der Waals surface area contributed by atoms with Crippen LogP contribution in [0.5, 0.6) is 0 Å². The summed E-state index contributed by atoms with van der Waals surface area (Å²) in [7, 11) is -1.44. The monoisotopic (exact) mass is 358 g/mol. The SMILES string of the molecule is CC(C(=O)NC1CCCC1)S(=O)c1ccc(Br)cc1N. The summed E-state index contributed by atoms with van der Waals surface area (Å²) in [5, 5.41) is 2.38. The molecule has 0 bridgehead atoms. The van der Waals surface area contributed by atoms with E-state index in [9.17, 15) is 9.00 Å². The van der Waals surface area contributed by atoms with Gasteiger partial charge in [-0.3, -0.25) is 9.00 Å². The molecule has 2 unspecified atom stereocenters. The lowest BCUT2D eigenvalue weighted by Crippen LogP contribution is -2.40. The van der Waals surface area contributed by atoms with Gasteiger partial charge in [0.1, 0.15) is 5.25 Å². The molecule has 110 valence electrons. The molecular weight excluding hydrogens is 340 g/mol. The second-order valence-corrected chi connectivity index (χ2v) is 7.77. The molecule has 0 aliphatic heterocycles. The first-order valence-electron chi connectivity index (χ1n) is 6.75. The number of nitrogens with one attached hydrogen (secondary N) is 1. The molecule has 1 amide bonds. The molecule has 2 rings (SSSR count). The number of rotatable bonds is 4. The fourth-order valence-corrected chi connectivity index (χ4v) is 3.89. The summed E-state index contributed by atoms with van der Waals surface area (Å²) < 4.78 is 13.3. The van der Waals surface area contributed by atoms with E-state index in [1.807, 2.05) is 0 Å². The van der Waals surface area contributed by atoms with Crippen LogP contribution in [0.4, 0.5) is 5.69 Å². The molecule has 0 aromatic heterocycles. The van der Waals surface area contributed by atoms with Crippen LogP contribution in [-0.4, -0.2) is 21.4 Å². The normalized spacial score (nSPS) is 18.7. The molecule has 0 saturated heterocycles. The zero-order valence-electron chi connectivity index (χ0n) is 11.4. The van der Waals surface area contributed by atoms with Gasteiger partial charge >= 0.3 is 0 Å².